The zero-order valence-electron chi connectivity index (χ0n) is 15.5. The Balaban J connectivity index is 1.88. The molecule has 1 amide bonds. The van der Waals surface area contributed by atoms with E-state index >= 15 is 0 Å². The first-order valence-electron chi connectivity index (χ1n) is 8.38. The van der Waals surface area contributed by atoms with Crippen molar-refractivity contribution in [1.29, 1.82) is 0 Å². The van der Waals surface area contributed by atoms with Crippen molar-refractivity contribution < 1.29 is 26.4 Å². The summed E-state index contributed by atoms with van der Waals surface area (Å²) in [6, 6.07) is 9.48. The highest BCUT2D eigenvalue weighted by Crippen LogP contribution is 2.26. The molecule has 154 valence electrons. The zero-order chi connectivity index (χ0) is 20.8. The fraction of sp³-hybridized carbons (Fsp3) is 0.353. The highest BCUT2D eigenvalue weighted by atomic mass is 32.2. The minimum Gasteiger partial charge on any atom is -0.484 e. The molecule has 11 heteroatoms. The lowest BCUT2D eigenvalue weighted by Gasteiger charge is -2.18. The van der Waals surface area contributed by atoms with Gasteiger partial charge in [-0.1, -0.05) is 13.0 Å². The molecule has 28 heavy (non-hydrogen) atoms. The SMILES string of the molecule is CCS(=O)(=O)CCNC(=O)COc1ccc(N(C)S(=O)(=O)c2cccs2)cc1. The molecule has 1 heterocycles. The summed E-state index contributed by atoms with van der Waals surface area (Å²) in [6.45, 7) is 1.31. The van der Waals surface area contributed by atoms with Gasteiger partial charge in [0.1, 0.15) is 9.96 Å². The quantitative estimate of drug-likeness (QED) is 0.592. The van der Waals surface area contributed by atoms with Crippen LogP contribution < -0.4 is 14.4 Å². The Hall–Kier alpha value is -2.11. The Labute approximate surface area is 169 Å². The number of sulfonamides is 1. The van der Waals surface area contributed by atoms with Gasteiger partial charge >= 0.3 is 0 Å². The molecule has 0 radical (unpaired) electrons. The number of thiophene rings is 1. The standard InChI is InChI=1S/C17H22N2O6S3/c1-3-27(21,22)12-10-18-16(20)13-25-15-8-6-14(7-9-15)19(2)28(23,24)17-5-4-11-26-17/h4-9,11H,3,10,12-13H2,1-2H3,(H,18,20). The number of amides is 1. The van der Waals surface area contributed by atoms with Crippen LogP contribution in [0, 0.1) is 0 Å². The molecule has 0 aliphatic carbocycles. The van der Waals surface area contributed by atoms with Gasteiger partial charge in [-0.05, 0) is 35.7 Å². The Bertz CT molecular complexity index is 984. The summed E-state index contributed by atoms with van der Waals surface area (Å²) in [5.74, 6) is -0.132. The van der Waals surface area contributed by atoms with Crippen LogP contribution in [0.4, 0.5) is 5.69 Å². The normalized spacial score (nSPS) is 11.8. The van der Waals surface area contributed by atoms with Crippen molar-refractivity contribution >= 4 is 42.8 Å². The van der Waals surface area contributed by atoms with Crippen molar-refractivity contribution in [1.82, 2.24) is 5.32 Å². The maximum atomic E-state index is 12.5. The second-order valence-electron chi connectivity index (χ2n) is 5.77. The summed E-state index contributed by atoms with van der Waals surface area (Å²) in [5.41, 5.74) is 0.454. The average molecular weight is 447 g/mol. The Kier molecular flexibility index (Phi) is 7.44. The van der Waals surface area contributed by atoms with Gasteiger partial charge in [-0.3, -0.25) is 9.10 Å². The van der Waals surface area contributed by atoms with Crippen LogP contribution in [0.2, 0.25) is 0 Å². The number of nitrogens with one attached hydrogen (secondary N) is 1. The first kappa shape index (κ1) is 22.2. The lowest BCUT2D eigenvalue weighted by molar-refractivity contribution is -0.122. The van der Waals surface area contributed by atoms with Crippen molar-refractivity contribution in [2.45, 2.75) is 11.1 Å². The van der Waals surface area contributed by atoms with Gasteiger partial charge in [-0.15, -0.1) is 11.3 Å². The van der Waals surface area contributed by atoms with Gasteiger partial charge < -0.3 is 10.1 Å². The van der Waals surface area contributed by atoms with Crippen molar-refractivity contribution in [3.63, 3.8) is 0 Å². The summed E-state index contributed by atoms with van der Waals surface area (Å²) >= 11 is 1.14. The minimum absolute atomic E-state index is 0.0301. The van der Waals surface area contributed by atoms with Gasteiger partial charge in [0, 0.05) is 19.3 Å². The van der Waals surface area contributed by atoms with Gasteiger partial charge in [0.15, 0.2) is 16.4 Å². The van der Waals surface area contributed by atoms with Gasteiger partial charge in [0.05, 0.1) is 11.4 Å². The summed E-state index contributed by atoms with van der Waals surface area (Å²) in [6.07, 6.45) is 0. The molecule has 0 fully saturated rings. The average Bonchev–Trinajstić information content (AvgIpc) is 3.22. The van der Waals surface area contributed by atoms with Crippen LogP contribution in [-0.4, -0.2) is 54.4 Å². The molecular formula is C17H22N2O6S3. The first-order chi connectivity index (χ1) is 13.2. The molecular weight excluding hydrogens is 424 g/mol. The molecule has 2 aromatic rings. The molecule has 0 saturated heterocycles. The molecule has 8 nitrogen and oxygen atoms in total. The van der Waals surface area contributed by atoms with Crippen molar-refractivity contribution in [2.75, 3.05) is 36.0 Å². The molecule has 0 saturated carbocycles. The maximum Gasteiger partial charge on any atom is 0.273 e. The van der Waals surface area contributed by atoms with E-state index in [2.05, 4.69) is 5.32 Å². The van der Waals surface area contributed by atoms with E-state index in [9.17, 15) is 21.6 Å². The lowest BCUT2D eigenvalue weighted by Crippen LogP contribution is -2.33. The molecule has 0 unspecified atom stereocenters. The van der Waals surface area contributed by atoms with Crippen LogP contribution in [0.1, 0.15) is 6.92 Å². The number of rotatable bonds is 10. The number of sulfone groups is 1. The molecule has 1 aromatic carbocycles. The van der Waals surface area contributed by atoms with Crippen molar-refractivity contribution in [2.24, 2.45) is 0 Å². The summed E-state index contributed by atoms with van der Waals surface area (Å²) in [5, 5.41) is 4.17. The minimum atomic E-state index is -3.61. The van der Waals surface area contributed by atoms with E-state index in [1.165, 1.54) is 11.4 Å². The predicted octanol–water partition coefficient (Wildman–Crippen LogP) is 1.50. The second-order valence-corrected chi connectivity index (χ2v) is 11.4. The second kappa shape index (κ2) is 9.39. The monoisotopic (exact) mass is 446 g/mol. The smallest absolute Gasteiger partial charge is 0.273 e. The van der Waals surface area contributed by atoms with Crippen LogP contribution in [0.15, 0.2) is 46.0 Å². The fourth-order valence-corrected chi connectivity index (χ4v) is 5.18. The van der Waals surface area contributed by atoms with E-state index < -0.39 is 25.8 Å². The molecule has 1 aromatic heterocycles. The summed E-state index contributed by atoms with van der Waals surface area (Å²) < 4.78 is 54.5. The Morgan fingerprint density at radius 2 is 1.82 bits per heavy atom. The molecule has 0 aliphatic rings. The number of hydrogen-bond donors (Lipinski definition) is 1. The molecule has 0 atom stereocenters. The molecule has 2 rings (SSSR count). The van der Waals surface area contributed by atoms with Gasteiger partial charge in [-0.2, -0.15) is 0 Å². The third-order valence-corrected chi connectivity index (χ3v) is 8.72. The third kappa shape index (κ3) is 5.94. The fourth-order valence-electron chi connectivity index (χ4n) is 2.13. The highest BCUT2D eigenvalue weighted by molar-refractivity contribution is 7.94. The van der Waals surface area contributed by atoms with Crippen LogP contribution in [0.5, 0.6) is 5.75 Å². The van der Waals surface area contributed by atoms with Crippen LogP contribution >= 0.6 is 11.3 Å². The van der Waals surface area contributed by atoms with Gasteiger partial charge in [0.2, 0.25) is 0 Å². The van der Waals surface area contributed by atoms with E-state index in [0.717, 1.165) is 11.3 Å². The van der Waals surface area contributed by atoms with E-state index in [0.29, 0.717) is 11.4 Å². The number of carbonyl (C=O) groups is 1. The van der Waals surface area contributed by atoms with E-state index in [1.807, 2.05) is 0 Å². The predicted molar refractivity (Wildman–Crippen MR) is 109 cm³/mol. The highest BCUT2D eigenvalue weighted by Gasteiger charge is 2.22. The zero-order valence-corrected chi connectivity index (χ0v) is 17.9. The number of ether oxygens (including phenoxy) is 1. The largest absolute Gasteiger partial charge is 0.484 e. The third-order valence-electron chi connectivity index (χ3n) is 3.86. The molecule has 0 bridgehead atoms. The number of hydrogen-bond acceptors (Lipinski definition) is 7. The lowest BCUT2D eigenvalue weighted by atomic mass is 10.3. The van der Waals surface area contributed by atoms with Gasteiger partial charge in [-0.25, -0.2) is 16.8 Å². The molecule has 0 spiro atoms. The number of nitrogens with zero attached hydrogens (tertiary/aromatic N) is 1. The maximum absolute atomic E-state index is 12.5. The van der Waals surface area contributed by atoms with Crippen LogP contribution in [0.3, 0.4) is 0 Å². The summed E-state index contributed by atoms with van der Waals surface area (Å²) in [7, 11) is -5.29. The van der Waals surface area contributed by atoms with Crippen molar-refractivity contribution in [3.05, 3.63) is 41.8 Å². The molecule has 0 aliphatic heterocycles. The van der Waals surface area contributed by atoms with E-state index in [4.69, 9.17) is 4.74 Å². The van der Waals surface area contributed by atoms with E-state index in [-0.39, 0.29) is 28.9 Å². The van der Waals surface area contributed by atoms with Crippen LogP contribution in [-0.2, 0) is 24.7 Å². The first-order valence-corrected chi connectivity index (χ1v) is 12.5. The van der Waals surface area contributed by atoms with Gasteiger partial charge in [0.25, 0.3) is 15.9 Å². The Morgan fingerprint density at radius 1 is 1.14 bits per heavy atom. The van der Waals surface area contributed by atoms with Crippen molar-refractivity contribution in [3.8, 4) is 5.75 Å². The Morgan fingerprint density at radius 3 is 2.39 bits per heavy atom. The number of anilines is 1. The number of carbonyl (C=O) groups excluding carboxylic acids is 1. The number of benzene rings is 1. The van der Waals surface area contributed by atoms with Crippen LogP contribution in [0.25, 0.3) is 0 Å². The topological polar surface area (TPSA) is 110 Å². The summed E-state index contributed by atoms with van der Waals surface area (Å²) in [4.78, 5) is 11.7. The van der Waals surface area contributed by atoms with E-state index in [1.54, 1.807) is 48.7 Å². The molecule has 1 N–H and O–H groups in total.